The molecule has 9 nitrogen and oxygen atoms in total. The predicted molar refractivity (Wildman–Crippen MR) is 144 cm³/mol. The molecule has 0 aliphatic carbocycles. The molecule has 0 atom stereocenters. The molecule has 0 unspecified atom stereocenters. The van der Waals surface area contributed by atoms with Gasteiger partial charge in [-0.05, 0) is 53.2 Å². The molecule has 0 amide bonds. The van der Waals surface area contributed by atoms with Gasteiger partial charge in [-0.15, -0.1) is 0 Å². The molecule has 11 heteroatoms. The van der Waals surface area contributed by atoms with Gasteiger partial charge in [0.05, 0.1) is 0 Å². The minimum absolute atomic E-state index is 0. The fraction of sp³-hybridized carbons (Fsp3) is 0.500. The van der Waals surface area contributed by atoms with E-state index in [9.17, 15) is 4.79 Å². The molecular weight excluding hydrogens is 598 g/mol. The van der Waals surface area contributed by atoms with Crippen molar-refractivity contribution in [3.05, 3.63) is 55.5 Å². The number of hydrogen-bond donors (Lipinski definition) is 0. The number of hydrogen-bond acceptors (Lipinski definition) is 9. The van der Waals surface area contributed by atoms with E-state index in [1.165, 1.54) is 19.8 Å². The SMILES string of the molecule is C1CCOC1.CC(=O)c1cc(OCCN(C)C)ccn1.CN(C)CCOc1ccnc(C#N)c1.[CH3-].[I-].[Mg+2]. The van der Waals surface area contributed by atoms with Crippen LogP contribution in [0.1, 0.15) is 35.9 Å². The summed E-state index contributed by atoms with van der Waals surface area (Å²) in [6.07, 6.45) is 5.71. The molecule has 202 valence electrons. The molecule has 0 N–H and O–H groups in total. The summed E-state index contributed by atoms with van der Waals surface area (Å²) in [6, 6.07) is 8.76. The standard InChI is InChI=1S/C11H16N2O2.C10H13N3O.C4H8O.CH3.HI.Mg/c1-9(14)11-8-10(4-5-12-11)15-7-6-13(2)3;1-13(2)5-6-14-10-3-4-12-9(7-10)8-11;1-2-4-5-3-1;;;/h4-5,8H,6-7H2,1-3H3;3-4,7H,5-6H2,1-2H3;1-4H2;1H3;1H;/q;;;-1;;+2/p-1. The van der Waals surface area contributed by atoms with Crippen LogP contribution in [0.3, 0.4) is 0 Å². The van der Waals surface area contributed by atoms with Crippen molar-refractivity contribution >= 4 is 28.8 Å². The Morgan fingerprint density at radius 2 is 1.46 bits per heavy atom. The van der Waals surface area contributed by atoms with Crippen molar-refractivity contribution in [2.24, 2.45) is 0 Å². The summed E-state index contributed by atoms with van der Waals surface area (Å²) < 4.78 is 15.8. The van der Waals surface area contributed by atoms with Crippen LogP contribution in [0, 0.1) is 18.8 Å². The number of carbonyl (C=O) groups is 1. The Morgan fingerprint density at radius 3 is 1.86 bits per heavy atom. The average Bonchev–Trinajstić information content (AvgIpc) is 3.40. The van der Waals surface area contributed by atoms with Crippen molar-refractivity contribution in [2.45, 2.75) is 19.8 Å². The number of aromatic nitrogens is 2. The average molecular weight is 638 g/mol. The molecule has 37 heavy (non-hydrogen) atoms. The van der Waals surface area contributed by atoms with E-state index in [-0.39, 0.29) is 60.2 Å². The van der Waals surface area contributed by atoms with Crippen LogP contribution < -0.4 is 33.5 Å². The van der Waals surface area contributed by atoms with Gasteiger partial charge >= 0.3 is 23.1 Å². The predicted octanol–water partition coefficient (Wildman–Crippen LogP) is -0.0114. The number of halogens is 1. The Morgan fingerprint density at radius 1 is 0.973 bits per heavy atom. The van der Waals surface area contributed by atoms with E-state index in [0.29, 0.717) is 36.1 Å². The molecule has 3 rings (SSSR count). The summed E-state index contributed by atoms with van der Waals surface area (Å²) in [5, 5.41) is 8.60. The Labute approximate surface area is 256 Å². The summed E-state index contributed by atoms with van der Waals surface area (Å²) in [5.41, 5.74) is 0.824. The normalized spacial score (nSPS) is 11.2. The van der Waals surface area contributed by atoms with Gasteiger partial charge in [0.15, 0.2) is 5.78 Å². The zero-order valence-corrected chi connectivity index (χ0v) is 26.6. The van der Waals surface area contributed by atoms with E-state index >= 15 is 0 Å². The van der Waals surface area contributed by atoms with E-state index in [1.54, 1.807) is 36.7 Å². The van der Waals surface area contributed by atoms with Gasteiger partial charge < -0.3 is 55.4 Å². The van der Waals surface area contributed by atoms with Crippen LogP contribution in [0.5, 0.6) is 11.5 Å². The van der Waals surface area contributed by atoms with Gasteiger partial charge in [-0.3, -0.25) is 9.78 Å². The second-order valence-corrected chi connectivity index (χ2v) is 8.04. The number of ketones is 1. The van der Waals surface area contributed by atoms with Crippen molar-refractivity contribution in [1.29, 1.82) is 5.26 Å². The Kier molecular flexibility index (Phi) is 26.7. The molecule has 3 heterocycles. The third-order valence-corrected chi connectivity index (χ3v) is 4.38. The van der Waals surface area contributed by atoms with Crippen molar-refractivity contribution in [1.82, 2.24) is 19.8 Å². The minimum Gasteiger partial charge on any atom is -1.00 e. The number of pyridine rings is 2. The molecule has 0 bridgehead atoms. The Hall–Kier alpha value is -1.56. The van der Waals surface area contributed by atoms with E-state index in [1.807, 2.05) is 44.1 Å². The van der Waals surface area contributed by atoms with Crippen molar-refractivity contribution in [3.63, 3.8) is 0 Å². The van der Waals surface area contributed by atoms with Gasteiger partial charge in [-0.25, -0.2) is 4.98 Å². The molecule has 0 aromatic carbocycles. The Balaban J connectivity index is -0.000000492. The Bertz CT molecular complexity index is 886. The van der Waals surface area contributed by atoms with Gasteiger partial charge in [0.25, 0.3) is 0 Å². The molecular formula is C26H40IMgN5O4. The molecule has 0 radical (unpaired) electrons. The number of carbonyl (C=O) groups excluding carboxylic acids is 1. The molecule has 0 saturated carbocycles. The first kappa shape index (κ1) is 39.9. The van der Waals surface area contributed by atoms with Crippen LogP contribution in [0.4, 0.5) is 0 Å². The quantitative estimate of drug-likeness (QED) is 0.163. The van der Waals surface area contributed by atoms with Gasteiger partial charge in [0.2, 0.25) is 0 Å². The summed E-state index contributed by atoms with van der Waals surface area (Å²) >= 11 is 0. The minimum atomic E-state index is -0.0481. The number of rotatable bonds is 9. The topological polar surface area (TPSA) is 101 Å². The molecule has 1 aliphatic rings. The van der Waals surface area contributed by atoms with Crippen LogP contribution in [0.25, 0.3) is 0 Å². The molecule has 1 aliphatic heterocycles. The zero-order valence-electron chi connectivity index (χ0n) is 23.1. The van der Waals surface area contributed by atoms with Crippen molar-refractivity contribution in [2.75, 3.05) is 67.7 Å². The van der Waals surface area contributed by atoms with E-state index in [4.69, 9.17) is 19.5 Å². The van der Waals surface area contributed by atoms with Crippen LogP contribution >= 0.6 is 0 Å². The second kappa shape index (κ2) is 24.8. The van der Waals surface area contributed by atoms with Crippen LogP contribution in [0.15, 0.2) is 36.7 Å². The summed E-state index contributed by atoms with van der Waals surface area (Å²) in [4.78, 5) is 22.9. The first-order chi connectivity index (χ1) is 16.3. The summed E-state index contributed by atoms with van der Waals surface area (Å²) in [7, 11) is 7.93. The second-order valence-electron chi connectivity index (χ2n) is 8.04. The third kappa shape index (κ3) is 21.1. The monoisotopic (exact) mass is 637 g/mol. The molecule has 1 fully saturated rings. The molecule has 1 saturated heterocycles. The summed E-state index contributed by atoms with van der Waals surface area (Å²) in [5.74, 6) is 1.34. The first-order valence-corrected chi connectivity index (χ1v) is 11.3. The zero-order chi connectivity index (χ0) is 25.2. The maximum absolute atomic E-state index is 11.1. The molecule has 2 aromatic heterocycles. The number of ether oxygens (including phenoxy) is 3. The number of likely N-dealkylation sites (N-methyl/N-ethyl adjacent to an activating group) is 2. The number of nitriles is 1. The number of Topliss-reactive ketones (excluding diaryl/α,β-unsaturated/α-hetero) is 1. The smallest absolute Gasteiger partial charge is 1.00 e. The first-order valence-electron chi connectivity index (χ1n) is 11.3. The third-order valence-electron chi connectivity index (χ3n) is 4.38. The van der Waals surface area contributed by atoms with Gasteiger partial charge in [0, 0.05) is 57.8 Å². The molecule has 0 spiro atoms. The van der Waals surface area contributed by atoms with E-state index in [0.717, 1.165) is 26.3 Å². The van der Waals surface area contributed by atoms with Crippen LogP contribution in [-0.2, 0) is 4.74 Å². The van der Waals surface area contributed by atoms with Gasteiger partial charge in [0.1, 0.15) is 42.2 Å². The maximum atomic E-state index is 11.1. The van der Waals surface area contributed by atoms with Gasteiger partial charge in [-0.2, -0.15) is 5.26 Å². The van der Waals surface area contributed by atoms with Gasteiger partial charge in [-0.1, -0.05) is 0 Å². The fourth-order valence-corrected chi connectivity index (χ4v) is 2.46. The van der Waals surface area contributed by atoms with Crippen molar-refractivity contribution in [3.8, 4) is 17.6 Å². The van der Waals surface area contributed by atoms with E-state index < -0.39 is 0 Å². The largest absolute Gasteiger partial charge is 2.00 e. The van der Waals surface area contributed by atoms with Crippen LogP contribution in [-0.4, -0.2) is 116 Å². The number of nitrogens with zero attached hydrogens (tertiary/aromatic N) is 5. The van der Waals surface area contributed by atoms with E-state index in [2.05, 4.69) is 9.97 Å². The fourth-order valence-electron chi connectivity index (χ4n) is 2.46. The maximum Gasteiger partial charge on any atom is 2.00 e. The van der Waals surface area contributed by atoms with Crippen LogP contribution in [0.2, 0.25) is 0 Å². The molecule has 2 aromatic rings. The van der Waals surface area contributed by atoms with Crippen molar-refractivity contribution < 1.29 is 43.0 Å². The summed E-state index contributed by atoms with van der Waals surface area (Å²) in [6.45, 7) is 6.41.